The number of thioether (sulfide) groups is 1. The molecular weight excluding hydrogens is 356 g/mol. The first kappa shape index (κ1) is 20.2. The standard InChI is InChI=1S/C22H32N2O2S/c1-17-8-7-13-24(15-17)22(26)19-11-5-6-12-20(19)27-16-21(25)23-14-18-9-3-2-4-10-18/h5-6,11-12,17-18H,2-4,7-10,13-16H2,1H3,(H,23,25). The Bertz CT molecular complexity index is 643. The Balaban J connectivity index is 1.52. The lowest BCUT2D eigenvalue weighted by molar-refractivity contribution is -0.118. The van der Waals surface area contributed by atoms with Gasteiger partial charge in [-0.3, -0.25) is 9.59 Å². The molecule has 148 valence electrons. The van der Waals surface area contributed by atoms with E-state index >= 15 is 0 Å². The summed E-state index contributed by atoms with van der Waals surface area (Å²) in [6, 6.07) is 7.70. The van der Waals surface area contributed by atoms with Crippen molar-refractivity contribution in [1.82, 2.24) is 10.2 Å². The Hall–Kier alpha value is -1.49. The molecule has 1 aromatic carbocycles. The normalized spacial score (nSPS) is 21.1. The maximum Gasteiger partial charge on any atom is 0.254 e. The Kier molecular flexibility index (Phi) is 7.62. The average Bonchev–Trinajstić information content (AvgIpc) is 2.71. The molecule has 4 nitrogen and oxygen atoms in total. The van der Waals surface area contributed by atoms with Gasteiger partial charge in [0.25, 0.3) is 5.91 Å². The van der Waals surface area contributed by atoms with Gasteiger partial charge in [-0.1, -0.05) is 38.3 Å². The molecule has 1 saturated heterocycles. The van der Waals surface area contributed by atoms with Crippen LogP contribution in [0, 0.1) is 11.8 Å². The number of amides is 2. The van der Waals surface area contributed by atoms with Gasteiger partial charge in [0.2, 0.25) is 5.91 Å². The van der Waals surface area contributed by atoms with Gasteiger partial charge in [0.05, 0.1) is 11.3 Å². The Labute approximate surface area is 167 Å². The molecular formula is C22H32N2O2S. The van der Waals surface area contributed by atoms with E-state index in [-0.39, 0.29) is 11.8 Å². The summed E-state index contributed by atoms with van der Waals surface area (Å²) in [6.45, 7) is 4.67. The van der Waals surface area contributed by atoms with Crippen molar-refractivity contribution in [1.29, 1.82) is 0 Å². The zero-order valence-electron chi connectivity index (χ0n) is 16.4. The molecule has 1 aliphatic carbocycles. The predicted octanol–water partition coefficient (Wildman–Crippen LogP) is 4.35. The second-order valence-electron chi connectivity index (χ2n) is 8.09. The molecule has 3 rings (SSSR count). The second kappa shape index (κ2) is 10.2. The van der Waals surface area contributed by atoms with Crippen molar-refractivity contribution in [3.63, 3.8) is 0 Å². The lowest BCUT2D eigenvalue weighted by Crippen LogP contribution is -2.39. The molecule has 27 heavy (non-hydrogen) atoms. The number of carbonyl (C=O) groups excluding carboxylic acids is 2. The molecule has 1 N–H and O–H groups in total. The number of hydrogen-bond donors (Lipinski definition) is 1. The molecule has 0 radical (unpaired) electrons. The van der Waals surface area contributed by atoms with Gasteiger partial charge in [-0.15, -0.1) is 11.8 Å². The van der Waals surface area contributed by atoms with Gasteiger partial charge in [0, 0.05) is 24.5 Å². The molecule has 1 unspecified atom stereocenters. The van der Waals surface area contributed by atoms with Crippen LogP contribution >= 0.6 is 11.8 Å². The van der Waals surface area contributed by atoms with E-state index < -0.39 is 0 Å². The fraction of sp³-hybridized carbons (Fsp3) is 0.636. The quantitative estimate of drug-likeness (QED) is 0.737. The number of nitrogens with zero attached hydrogens (tertiary/aromatic N) is 1. The van der Waals surface area contributed by atoms with Gasteiger partial charge in [0.15, 0.2) is 0 Å². The van der Waals surface area contributed by atoms with E-state index in [1.54, 1.807) is 0 Å². The summed E-state index contributed by atoms with van der Waals surface area (Å²) in [5, 5.41) is 3.09. The van der Waals surface area contributed by atoms with E-state index in [1.807, 2.05) is 29.2 Å². The number of rotatable bonds is 6. The zero-order chi connectivity index (χ0) is 19.1. The summed E-state index contributed by atoms with van der Waals surface area (Å²) in [7, 11) is 0. The Morgan fingerprint density at radius 1 is 1.11 bits per heavy atom. The molecule has 0 aromatic heterocycles. The SMILES string of the molecule is CC1CCCN(C(=O)c2ccccc2SCC(=O)NCC2CCCCC2)C1. The van der Waals surface area contributed by atoms with Crippen LogP contribution in [0.1, 0.15) is 62.2 Å². The van der Waals surface area contributed by atoms with Crippen molar-refractivity contribution in [3.05, 3.63) is 29.8 Å². The molecule has 1 aromatic rings. The van der Waals surface area contributed by atoms with Crippen molar-refractivity contribution in [2.45, 2.75) is 56.8 Å². The van der Waals surface area contributed by atoms with E-state index in [9.17, 15) is 9.59 Å². The third-order valence-electron chi connectivity index (χ3n) is 5.73. The number of benzene rings is 1. The predicted molar refractivity (Wildman–Crippen MR) is 111 cm³/mol. The summed E-state index contributed by atoms with van der Waals surface area (Å²) in [6.07, 6.45) is 8.66. The molecule has 2 amide bonds. The van der Waals surface area contributed by atoms with Crippen molar-refractivity contribution in [2.75, 3.05) is 25.4 Å². The fourth-order valence-corrected chi connectivity index (χ4v) is 5.03. The number of carbonyl (C=O) groups is 2. The van der Waals surface area contributed by atoms with E-state index in [1.165, 1.54) is 50.3 Å². The molecule has 2 fully saturated rings. The van der Waals surface area contributed by atoms with E-state index in [0.29, 0.717) is 17.6 Å². The van der Waals surface area contributed by atoms with Crippen LogP contribution in [0.2, 0.25) is 0 Å². The zero-order valence-corrected chi connectivity index (χ0v) is 17.2. The lowest BCUT2D eigenvalue weighted by atomic mass is 9.89. The summed E-state index contributed by atoms with van der Waals surface area (Å²) in [5.74, 6) is 1.75. The Morgan fingerprint density at radius 2 is 1.89 bits per heavy atom. The van der Waals surface area contributed by atoms with Gasteiger partial charge in [-0.2, -0.15) is 0 Å². The first-order valence-corrected chi connectivity index (χ1v) is 11.4. The van der Waals surface area contributed by atoms with Crippen LogP contribution in [0.5, 0.6) is 0 Å². The van der Waals surface area contributed by atoms with Gasteiger partial charge in [0.1, 0.15) is 0 Å². The largest absolute Gasteiger partial charge is 0.355 e. The van der Waals surface area contributed by atoms with Crippen molar-refractivity contribution in [2.24, 2.45) is 11.8 Å². The highest BCUT2D eigenvalue weighted by Crippen LogP contribution is 2.26. The van der Waals surface area contributed by atoms with Gasteiger partial charge < -0.3 is 10.2 Å². The molecule has 0 spiro atoms. The summed E-state index contributed by atoms with van der Waals surface area (Å²) in [5.41, 5.74) is 0.733. The first-order chi connectivity index (χ1) is 13.1. The van der Waals surface area contributed by atoms with Crippen LogP contribution in [-0.2, 0) is 4.79 Å². The number of likely N-dealkylation sites (tertiary alicyclic amines) is 1. The van der Waals surface area contributed by atoms with Crippen LogP contribution in [0.3, 0.4) is 0 Å². The maximum atomic E-state index is 13.0. The highest BCUT2D eigenvalue weighted by Gasteiger charge is 2.24. The fourth-order valence-electron chi connectivity index (χ4n) is 4.16. The molecule has 0 bridgehead atoms. The highest BCUT2D eigenvalue weighted by molar-refractivity contribution is 8.00. The molecule has 2 aliphatic rings. The minimum Gasteiger partial charge on any atom is -0.355 e. The third kappa shape index (κ3) is 6.00. The molecule has 1 atom stereocenters. The lowest BCUT2D eigenvalue weighted by Gasteiger charge is -2.31. The summed E-state index contributed by atoms with van der Waals surface area (Å²) < 4.78 is 0. The number of nitrogens with one attached hydrogen (secondary N) is 1. The van der Waals surface area contributed by atoms with E-state index in [4.69, 9.17) is 0 Å². The van der Waals surface area contributed by atoms with Crippen LogP contribution in [0.4, 0.5) is 0 Å². The Morgan fingerprint density at radius 3 is 2.67 bits per heavy atom. The minimum absolute atomic E-state index is 0.0689. The molecule has 1 saturated carbocycles. The number of piperidine rings is 1. The molecule has 5 heteroatoms. The molecule has 1 heterocycles. The third-order valence-corrected chi connectivity index (χ3v) is 6.81. The average molecular weight is 389 g/mol. The number of hydrogen-bond acceptors (Lipinski definition) is 3. The smallest absolute Gasteiger partial charge is 0.254 e. The van der Waals surface area contributed by atoms with Crippen LogP contribution in [0.25, 0.3) is 0 Å². The van der Waals surface area contributed by atoms with Gasteiger partial charge in [-0.25, -0.2) is 0 Å². The minimum atomic E-state index is 0.0689. The van der Waals surface area contributed by atoms with Crippen molar-refractivity contribution in [3.8, 4) is 0 Å². The monoisotopic (exact) mass is 388 g/mol. The van der Waals surface area contributed by atoms with Crippen molar-refractivity contribution < 1.29 is 9.59 Å². The maximum absolute atomic E-state index is 13.0. The topological polar surface area (TPSA) is 49.4 Å². The highest BCUT2D eigenvalue weighted by atomic mass is 32.2. The second-order valence-corrected chi connectivity index (χ2v) is 9.11. The summed E-state index contributed by atoms with van der Waals surface area (Å²) in [4.78, 5) is 28.1. The van der Waals surface area contributed by atoms with Crippen molar-refractivity contribution >= 4 is 23.6 Å². The van der Waals surface area contributed by atoms with Gasteiger partial charge >= 0.3 is 0 Å². The van der Waals surface area contributed by atoms with E-state index in [2.05, 4.69) is 12.2 Å². The van der Waals surface area contributed by atoms with E-state index in [0.717, 1.165) is 36.5 Å². The van der Waals surface area contributed by atoms with Gasteiger partial charge in [-0.05, 0) is 49.7 Å². The van der Waals surface area contributed by atoms with Crippen LogP contribution in [-0.4, -0.2) is 42.1 Å². The van der Waals surface area contributed by atoms with Crippen LogP contribution in [0.15, 0.2) is 29.2 Å². The summed E-state index contributed by atoms with van der Waals surface area (Å²) >= 11 is 1.48. The van der Waals surface area contributed by atoms with Crippen LogP contribution < -0.4 is 5.32 Å². The first-order valence-electron chi connectivity index (χ1n) is 10.4. The molecule has 1 aliphatic heterocycles.